The third kappa shape index (κ3) is 6.23. The molecule has 0 radical (unpaired) electrons. The number of Topliss-reactive ketones (excluding diaryl/α,β-unsaturated/α-hetero) is 1. The molecular formula is C11H20O4. The highest BCUT2D eigenvalue weighted by molar-refractivity contribution is 5.97. The summed E-state index contributed by atoms with van der Waals surface area (Å²) in [5, 5.41) is 0. The molecule has 0 aromatic carbocycles. The fraction of sp³-hybridized carbons (Fsp3) is 0.818. The van der Waals surface area contributed by atoms with Gasteiger partial charge >= 0.3 is 5.97 Å². The summed E-state index contributed by atoms with van der Waals surface area (Å²) in [6.07, 6.45) is 1.39. The SMILES string of the molecule is CCCCOC(C)OC(=O)C(C)C(C)=O. The summed E-state index contributed by atoms with van der Waals surface area (Å²) < 4.78 is 10.2. The average Bonchev–Trinajstić information content (AvgIpc) is 2.16. The van der Waals surface area contributed by atoms with Gasteiger partial charge in [-0.3, -0.25) is 9.59 Å². The Hall–Kier alpha value is -0.900. The van der Waals surface area contributed by atoms with Gasteiger partial charge in [-0.25, -0.2) is 0 Å². The highest BCUT2D eigenvalue weighted by Crippen LogP contribution is 2.04. The van der Waals surface area contributed by atoms with Gasteiger partial charge in [0.15, 0.2) is 6.29 Å². The number of carbonyl (C=O) groups excluding carboxylic acids is 2. The van der Waals surface area contributed by atoms with Crippen molar-refractivity contribution in [1.82, 2.24) is 0 Å². The van der Waals surface area contributed by atoms with E-state index in [1.807, 2.05) is 0 Å². The van der Waals surface area contributed by atoms with E-state index in [9.17, 15) is 9.59 Å². The molecule has 0 aliphatic rings. The molecule has 0 bridgehead atoms. The van der Waals surface area contributed by atoms with E-state index in [0.717, 1.165) is 12.8 Å². The molecule has 4 heteroatoms. The van der Waals surface area contributed by atoms with Crippen molar-refractivity contribution in [3.05, 3.63) is 0 Å². The van der Waals surface area contributed by atoms with Crippen LogP contribution in [0.1, 0.15) is 40.5 Å². The van der Waals surface area contributed by atoms with Gasteiger partial charge in [0.2, 0.25) is 0 Å². The lowest BCUT2D eigenvalue weighted by atomic mass is 10.1. The minimum absolute atomic E-state index is 0.194. The van der Waals surface area contributed by atoms with Crippen molar-refractivity contribution in [1.29, 1.82) is 0 Å². The number of carbonyl (C=O) groups is 2. The zero-order valence-corrected chi connectivity index (χ0v) is 9.91. The van der Waals surface area contributed by atoms with Crippen molar-refractivity contribution in [2.45, 2.75) is 46.8 Å². The molecule has 0 aliphatic heterocycles. The van der Waals surface area contributed by atoms with E-state index in [0.29, 0.717) is 6.61 Å². The minimum Gasteiger partial charge on any atom is -0.436 e. The van der Waals surface area contributed by atoms with Crippen LogP contribution in [0.2, 0.25) is 0 Å². The molecule has 2 unspecified atom stereocenters. The second kappa shape index (κ2) is 7.40. The minimum atomic E-state index is -0.706. The smallest absolute Gasteiger partial charge is 0.318 e. The standard InChI is InChI=1S/C11H20O4/c1-5-6-7-14-10(4)15-11(13)8(2)9(3)12/h8,10H,5-7H2,1-4H3. The monoisotopic (exact) mass is 216 g/mol. The van der Waals surface area contributed by atoms with Crippen LogP contribution < -0.4 is 0 Å². The number of rotatable bonds is 7. The summed E-state index contributed by atoms with van der Waals surface area (Å²) in [5.74, 6) is -1.42. The maximum Gasteiger partial charge on any atom is 0.318 e. The lowest BCUT2D eigenvalue weighted by Crippen LogP contribution is -2.26. The number of ether oxygens (including phenoxy) is 2. The first-order valence-electron chi connectivity index (χ1n) is 5.31. The number of unbranched alkanes of at least 4 members (excludes halogenated alkanes) is 1. The van der Waals surface area contributed by atoms with Gasteiger partial charge in [0.25, 0.3) is 0 Å². The lowest BCUT2D eigenvalue weighted by molar-refractivity contribution is -0.179. The molecule has 0 heterocycles. The Kier molecular flexibility index (Phi) is 6.96. The van der Waals surface area contributed by atoms with Gasteiger partial charge in [-0.1, -0.05) is 13.3 Å². The van der Waals surface area contributed by atoms with Crippen molar-refractivity contribution in [3.63, 3.8) is 0 Å². The summed E-state index contributed by atoms with van der Waals surface area (Å²) in [7, 11) is 0. The molecule has 4 nitrogen and oxygen atoms in total. The largest absolute Gasteiger partial charge is 0.436 e. The Morgan fingerprint density at radius 3 is 2.33 bits per heavy atom. The van der Waals surface area contributed by atoms with E-state index in [1.54, 1.807) is 6.92 Å². The number of hydrogen-bond acceptors (Lipinski definition) is 4. The lowest BCUT2D eigenvalue weighted by Gasteiger charge is -2.15. The van der Waals surface area contributed by atoms with Gasteiger partial charge in [-0.2, -0.15) is 0 Å². The summed E-state index contributed by atoms with van der Waals surface area (Å²) >= 11 is 0. The van der Waals surface area contributed by atoms with Crippen molar-refractivity contribution >= 4 is 11.8 Å². The van der Waals surface area contributed by atoms with E-state index in [4.69, 9.17) is 9.47 Å². The van der Waals surface area contributed by atoms with Crippen molar-refractivity contribution in [3.8, 4) is 0 Å². The van der Waals surface area contributed by atoms with Crippen molar-refractivity contribution < 1.29 is 19.1 Å². The van der Waals surface area contributed by atoms with Crippen LogP contribution in [0.3, 0.4) is 0 Å². The van der Waals surface area contributed by atoms with Crippen molar-refractivity contribution in [2.24, 2.45) is 5.92 Å². The van der Waals surface area contributed by atoms with E-state index < -0.39 is 18.2 Å². The van der Waals surface area contributed by atoms with Crippen LogP contribution in [0.5, 0.6) is 0 Å². The van der Waals surface area contributed by atoms with E-state index >= 15 is 0 Å². The Morgan fingerprint density at radius 1 is 1.27 bits per heavy atom. The van der Waals surface area contributed by atoms with Gasteiger partial charge in [0.05, 0.1) is 6.61 Å². The molecule has 0 amide bonds. The first kappa shape index (κ1) is 14.1. The third-order valence-corrected chi connectivity index (χ3v) is 2.10. The van der Waals surface area contributed by atoms with Crippen LogP contribution in [-0.2, 0) is 19.1 Å². The van der Waals surface area contributed by atoms with Crippen LogP contribution in [0.4, 0.5) is 0 Å². The Bertz CT molecular complexity index is 213. The van der Waals surface area contributed by atoms with Crippen LogP contribution in [0.25, 0.3) is 0 Å². The molecule has 0 rings (SSSR count). The molecule has 0 spiro atoms. The highest BCUT2D eigenvalue weighted by Gasteiger charge is 2.21. The Labute approximate surface area is 90.9 Å². The second-order valence-corrected chi connectivity index (χ2v) is 3.56. The van der Waals surface area contributed by atoms with Gasteiger partial charge < -0.3 is 9.47 Å². The van der Waals surface area contributed by atoms with E-state index in [2.05, 4.69) is 6.92 Å². The van der Waals surface area contributed by atoms with Gasteiger partial charge in [0.1, 0.15) is 11.7 Å². The maximum atomic E-state index is 11.3. The molecule has 0 saturated carbocycles. The topological polar surface area (TPSA) is 52.6 Å². The van der Waals surface area contributed by atoms with Gasteiger partial charge in [0, 0.05) is 0 Å². The number of ketones is 1. The van der Waals surface area contributed by atoms with Crippen LogP contribution in [0.15, 0.2) is 0 Å². The predicted octanol–water partition coefficient (Wildman–Crippen LogP) is 1.92. The summed E-state index contributed by atoms with van der Waals surface area (Å²) in [5.41, 5.74) is 0. The fourth-order valence-corrected chi connectivity index (χ4v) is 0.859. The van der Waals surface area contributed by atoms with E-state index in [-0.39, 0.29) is 5.78 Å². The molecule has 0 fully saturated rings. The molecule has 2 atom stereocenters. The predicted molar refractivity (Wildman–Crippen MR) is 56.3 cm³/mol. The zero-order chi connectivity index (χ0) is 11.8. The molecule has 0 aromatic rings. The Balaban J connectivity index is 3.80. The van der Waals surface area contributed by atoms with E-state index in [1.165, 1.54) is 13.8 Å². The van der Waals surface area contributed by atoms with Crippen molar-refractivity contribution in [2.75, 3.05) is 6.61 Å². The maximum absolute atomic E-state index is 11.3. The van der Waals surface area contributed by atoms with Crippen LogP contribution >= 0.6 is 0 Å². The molecule has 88 valence electrons. The summed E-state index contributed by atoms with van der Waals surface area (Å²) in [6, 6.07) is 0. The normalized spacial score (nSPS) is 14.4. The first-order chi connectivity index (χ1) is 6.99. The third-order valence-electron chi connectivity index (χ3n) is 2.10. The number of esters is 1. The Morgan fingerprint density at radius 2 is 1.87 bits per heavy atom. The van der Waals surface area contributed by atoms with Crippen LogP contribution in [-0.4, -0.2) is 24.6 Å². The molecular weight excluding hydrogens is 196 g/mol. The number of hydrogen-bond donors (Lipinski definition) is 0. The highest BCUT2D eigenvalue weighted by atomic mass is 16.7. The molecule has 0 aliphatic carbocycles. The first-order valence-corrected chi connectivity index (χ1v) is 5.31. The fourth-order valence-electron chi connectivity index (χ4n) is 0.859. The van der Waals surface area contributed by atoms with Gasteiger partial charge in [-0.05, 0) is 27.2 Å². The molecule has 0 N–H and O–H groups in total. The second-order valence-electron chi connectivity index (χ2n) is 3.56. The summed E-state index contributed by atoms with van der Waals surface area (Å²) in [6.45, 7) is 7.18. The summed E-state index contributed by atoms with van der Waals surface area (Å²) in [4.78, 5) is 22.2. The van der Waals surface area contributed by atoms with Crippen LogP contribution in [0, 0.1) is 5.92 Å². The quantitative estimate of drug-likeness (QED) is 0.282. The zero-order valence-electron chi connectivity index (χ0n) is 9.91. The van der Waals surface area contributed by atoms with Gasteiger partial charge in [-0.15, -0.1) is 0 Å². The molecule has 15 heavy (non-hydrogen) atoms. The molecule has 0 saturated heterocycles. The molecule has 0 aromatic heterocycles. The average molecular weight is 216 g/mol.